The molecule has 1 aliphatic rings. The second kappa shape index (κ2) is 5.71. The summed E-state index contributed by atoms with van der Waals surface area (Å²) in [5.74, 6) is -1.07. The lowest BCUT2D eigenvalue weighted by Gasteiger charge is -2.27. The summed E-state index contributed by atoms with van der Waals surface area (Å²) in [6.07, 6.45) is 5.71. The molecule has 2 aromatic rings. The van der Waals surface area contributed by atoms with Crippen molar-refractivity contribution in [2.24, 2.45) is 0 Å². The molecule has 0 radical (unpaired) electrons. The van der Waals surface area contributed by atoms with Gasteiger partial charge in [0.25, 0.3) is 0 Å². The molecule has 1 unspecified atom stereocenters. The average Bonchev–Trinajstić information content (AvgIpc) is 3.07. The van der Waals surface area contributed by atoms with Gasteiger partial charge >= 0.3 is 0 Å². The molecule has 1 aromatic carbocycles. The Bertz CT molecular complexity index is 606. The highest BCUT2D eigenvalue weighted by Gasteiger charge is 2.26. The van der Waals surface area contributed by atoms with Crippen LogP contribution < -0.4 is 10.2 Å². The first-order chi connectivity index (χ1) is 10.2. The van der Waals surface area contributed by atoms with Crippen LogP contribution in [-0.2, 0) is 6.54 Å². The number of hydrogen-bond donors (Lipinski definition) is 1. The van der Waals surface area contributed by atoms with Gasteiger partial charge < -0.3 is 10.2 Å². The summed E-state index contributed by atoms with van der Waals surface area (Å²) in [7, 11) is 1.85. The van der Waals surface area contributed by atoms with Crippen LogP contribution in [0.25, 0.3) is 0 Å². The van der Waals surface area contributed by atoms with Crippen LogP contribution in [0, 0.1) is 11.6 Å². The van der Waals surface area contributed by atoms with Gasteiger partial charge in [-0.1, -0.05) is 0 Å². The van der Waals surface area contributed by atoms with Crippen molar-refractivity contribution < 1.29 is 8.78 Å². The highest BCUT2D eigenvalue weighted by molar-refractivity contribution is 5.49. The number of nitrogens with zero attached hydrogens (tertiary/aromatic N) is 3. The molecule has 4 nitrogen and oxygen atoms in total. The number of rotatable bonds is 4. The predicted molar refractivity (Wildman–Crippen MR) is 78.5 cm³/mol. The van der Waals surface area contributed by atoms with Gasteiger partial charge in [0.05, 0.1) is 18.4 Å². The quantitative estimate of drug-likeness (QED) is 0.940. The Morgan fingerprint density at radius 1 is 1.29 bits per heavy atom. The van der Waals surface area contributed by atoms with Gasteiger partial charge in [-0.05, 0) is 25.0 Å². The Balaban J connectivity index is 1.78. The molecule has 2 heterocycles. The minimum absolute atomic E-state index is 0.204. The van der Waals surface area contributed by atoms with E-state index < -0.39 is 11.6 Å². The number of nitrogens with one attached hydrogen (secondary N) is 1. The van der Waals surface area contributed by atoms with Crippen LogP contribution in [0.1, 0.15) is 12.8 Å². The summed E-state index contributed by atoms with van der Waals surface area (Å²) in [6, 6.07) is 3.89. The van der Waals surface area contributed by atoms with Crippen molar-refractivity contribution in [1.82, 2.24) is 9.78 Å². The second-order valence-electron chi connectivity index (χ2n) is 5.32. The van der Waals surface area contributed by atoms with Crippen LogP contribution in [0.5, 0.6) is 0 Å². The minimum atomic E-state index is -0.535. The fourth-order valence-corrected chi connectivity index (χ4v) is 2.88. The molecule has 6 heteroatoms. The third-order valence-electron chi connectivity index (χ3n) is 3.88. The Morgan fingerprint density at radius 3 is 2.71 bits per heavy atom. The van der Waals surface area contributed by atoms with E-state index in [9.17, 15) is 8.78 Å². The highest BCUT2D eigenvalue weighted by Crippen LogP contribution is 2.28. The monoisotopic (exact) mass is 292 g/mol. The van der Waals surface area contributed by atoms with Crippen molar-refractivity contribution in [3.05, 3.63) is 42.2 Å². The summed E-state index contributed by atoms with van der Waals surface area (Å²) >= 11 is 0. The van der Waals surface area contributed by atoms with Crippen molar-refractivity contribution >= 4 is 11.4 Å². The molecule has 3 rings (SSSR count). The molecular formula is C15H18F2N4. The molecule has 0 saturated carbocycles. The molecule has 0 aliphatic carbocycles. The molecule has 1 N–H and O–H groups in total. The average molecular weight is 292 g/mol. The van der Waals surface area contributed by atoms with Gasteiger partial charge in [0.15, 0.2) is 0 Å². The third kappa shape index (κ3) is 2.99. The van der Waals surface area contributed by atoms with E-state index in [1.165, 1.54) is 12.1 Å². The molecule has 21 heavy (non-hydrogen) atoms. The number of benzene rings is 1. The van der Waals surface area contributed by atoms with Crippen LogP contribution in [0.4, 0.5) is 20.2 Å². The molecule has 1 aliphatic heterocycles. The zero-order valence-corrected chi connectivity index (χ0v) is 11.9. The first-order valence-electron chi connectivity index (χ1n) is 7.08. The topological polar surface area (TPSA) is 33.1 Å². The van der Waals surface area contributed by atoms with Crippen molar-refractivity contribution in [3.63, 3.8) is 0 Å². The first-order valence-corrected chi connectivity index (χ1v) is 7.08. The molecule has 0 amide bonds. The zero-order chi connectivity index (χ0) is 14.8. The fraction of sp³-hybridized carbons (Fsp3) is 0.400. The predicted octanol–water partition coefficient (Wildman–Crippen LogP) is 2.87. The Morgan fingerprint density at radius 2 is 2.05 bits per heavy atom. The Kier molecular flexibility index (Phi) is 3.77. The van der Waals surface area contributed by atoms with Crippen molar-refractivity contribution in [1.29, 1.82) is 0 Å². The maximum Gasteiger partial charge on any atom is 0.128 e. The van der Waals surface area contributed by atoms with Gasteiger partial charge in [-0.15, -0.1) is 0 Å². The summed E-state index contributed by atoms with van der Waals surface area (Å²) < 4.78 is 28.6. The largest absolute Gasteiger partial charge is 0.386 e. The normalized spacial score (nSPS) is 18.2. The lowest BCUT2D eigenvalue weighted by molar-refractivity contribution is 0.507. The summed E-state index contributed by atoms with van der Waals surface area (Å²) in [5.41, 5.74) is 1.56. The lowest BCUT2D eigenvalue weighted by atomic mass is 10.2. The molecule has 1 fully saturated rings. The number of aromatic nitrogens is 2. The summed E-state index contributed by atoms with van der Waals surface area (Å²) in [6.45, 7) is 1.52. The number of anilines is 2. The molecule has 0 spiro atoms. The van der Waals surface area contributed by atoms with E-state index in [1.54, 1.807) is 6.20 Å². The molecule has 1 aromatic heterocycles. The maximum absolute atomic E-state index is 13.4. The van der Waals surface area contributed by atoms with Crippen LogP contribution >= 0.6 is 0 Å². The van der Waals surface area contributed by atoms with E-state index in [1.807, 2.05) is 17.9 Å². The number of halogens is 2. The smallest absolute Gasteiger partial charge is 0.128 e. The van der Waals surface area contributed by atoms with Crippen molar-refractivity contribution in [2.75, 3.05) is 23.8 Å². The summed E-state index contributed by atoms with van der Waals surface area (Å²) in [5, 5.41) is 7.33. The molecular weight excluding hydrogens is 274 g/mol. The van der Waals surface area contributed by atoms with Crippen LogP contribution in [0.15, 0.2) is 30.6 Å². The van der Waals surface area contributed by atoms with Crippen LogP contribution in [-0.4, -0.2) is 29.4 Å². The molecule has 1 saturated heterocycles. The SMILES string of the molecule is CNc1cnn(CC2CCCN2c2cc(F)cc(F)c2)c1. The van der Waals surface area contributed by atoms with E-state index in [4.69, 9.17) is 0 Å². The zero-order valence-electron chi connectivity index (χ0n) is 11.9. The highest BCUT2D eigenvalue weighted by atomic mass is 19.1. The van der Waals surface area contributed by atoms with E-state index >= 15 is 0 Å². The summed E-state index contributed by atoms with van der Waals surface area (Å²) in [4.78, 5) is 2.06. The molecule has 0 bridgehead atoms. The van der Waals surface area contributed by atoms with Gasteiger partial charge in [-0.3, -0.25) is 4.68 Å². The van der Waals surface area contributed by atoms with E-state index in [0.717, 1.165) is 31.1 Å². The Labute approximate surface area is 122 Å². The van der Waals surface area contributed by atoms with E-state index in [-0.39, 0.29) is 6.04 Å². The fourth-order valence-electron chi connectivity index (χ4n) is 2.88. The van der Waals surface area contributed by atoms with E-state index in [0.29, 0.717) is 12.2 Å². The maximum atomic E-state index is 13.4. The van der Waals surface area contributed by atoms with E-state index in [2.05, 4.69) is 15.3 Å². The molecule has 112 valence electrons. The second-order valence-corrected chi connectivity index (χ2v) is 5.32. The number of hydrogen-bond acceptors (Lipinski definition) is 3. The van der Waals surface area contributed by atoms with Crippen LogP contribution in [0.3, 0.4) is 0 Å². The standard InChI is InChI=1S/C15H18F2N4/c1-18-13-8-19-20(9-13)10-14-3-2-4-21(14)15-6-11(16)5-12(17)7-15/h5-9,14,18H,2-4,10H2,1H3. The Hall–Kier alpha value is -2.11. The van der Waals surface area contributed by atoms with Gasteiger partial charge in [0.2, 0.25) is 0 Å². The molecule has 1 atom stereocenters. The first kappa shape index (κ1) is 13.9. The van der Waals surface area contributed by atoms with Gasteiger partial charge in [-0.2, -0.15) is 5.10 Å². The minimum Gasteiger partial charge on any atom is -0.386 e. The van der Waals surface area contributed by atoms with Gasteiger partial charge in [0, 0.05) is 37.6 Å². The van der Waals surface area contributed by atoms with Crippen molar-refractivity contribution in [2.45, 2.75) is 25.4 Å². The van der Waals surface area contributed by atoms with Crippen LogP contribution in [0.2, 0.25) is 0 Å². The third-order valence-corrected chi connectivity index (χ3v) is 3.88. The lowest BCUT2D eigenvalue weighted by Crippen LogP contribution is -2.33. The van der Waals surface area contributed by atoms with Gasteiger partial charge in [0.1, 0.15) is 11.6 Å². The van der Waals surface area contributed by atoms with Gasteiger partial charge in [-0.25, -0.2) is 8.78 Å². The van der Waals surface area contributed by atoms with Crippen molar-refractivity contribution in [3.8, 4) is 0 Å².